The Morgan fingerprint density at radius 2 is 1.88 bits per heavy atom. The molecule has 1 aromatic carbocycles. The van der Waals surface area contributed by atoms with Gasteiger partial charge in [0.2, 0.25) is 5.91 Å². The highest BCUT2D eigenvalue weighted by Crippen LogP contribution is 2.21. The molecule has 1 saturated heterocycles. The largest absolute Gasteiger partial charge is 0.379 e. The molecule has 26 heavy (non-hydrogen) atoms. The van der Waals surface area contributed by atoms with E-state index in [0.717, 1.165) is 31.9 Å². The zero-order chi connectivity index (χ0) is 18.2. The lowest BCUT2D eigenvalue weighted by Crippen LogP contribution is -2.44. The molecule has 138 valence electrons. The lowest BCUT2D eigenvalue weighted by atomic mass is 10.1. The summed E-state index contributed by atoms with van der Waals surface area (Å²) in [7, 11) is 0. The van der Waals surface area contributed by atoms with Crippen LogP contribution in [0.4, 0.5) is 0 Å². The quantitative estimate of drug-likeness (QED) is 0.758. The van der Waals surface area contributed by atoms with Crippen LogP contribution in [0.5, 0.6) is 0 Å². The minimum atomic E-state index is 0.0502. The predicted octanol–water partition coefficient (Wildman–Crippen LogP) is 2.54. The molecule has 5 nitrogen and oxygen atoms in total. The molecule has 1 aliphatic heterocycles. The Hall–Kier alpha value is -1.89. The summed E-state index contributed by atoms with van der Waals surface area (Å²) in [6.45, 7) is 3.80. The zero-order valence-electron chi connectivity index (χ0n) is 15.1. The maximum atomic E-state index is 12.4. The van der Waals surface area contributed by atoms with Gasteiger partial charge in [0.15, 0.2) is 0 Å². The summed E-state index contributed by atoms with van der Waals surface area (Å²) in [6.07, 6.45) is 6.06. The van der Waals surface area contributed by atoms with Gasteiger partial charge in [-0.2, -0.15) is 0 Å². The van der Waals surface area contributed by atoms with E-state index in [4.69, 9.17) is 4.74 Å². The number of benzene rings is 1. The molecule has 1 aromatic heterocycles. The number of amides is 1. The van der Waals surface area contributed by atoms with Crippen molar-refractivity contribution >= 4 is 17.7 Å². The zero-order valence-corrected chi connectivity index (χ0v) is 15.9. The van der Waals surface area contributed by atoms with Crippen molar-refractivity contribution in [2.24, 2.45) is 0 Å². The topological polar surface area (TPSA) is 54.5 Å². The van der Waals surface area contributed by atoms with Crippen molar-refractivity contribution in [3.63, 3.8) is 0 Å². The first kappa shape index (κ1) is 18.9. The van der Waals surface area contributed by atoms with E-state index in [1.807, 2.05) is 30.5 Å². The van der Waals surface area contributed by atoms with Gasteiger partial charge in [0, 0.05) is 36.9 Å². The molecule has 2 heterocycles. The first-order valence-corrected chi connectivity index (χ1v) is 10.1. The average molecular weight is 372 g/mol. The van der Waals surface area contributed by atoms with Crippen molar-refractivity contribution < 1.29 is 9.53 Å². The van der Waals surface area contributed by atoms with Gasteiger partial charge in [0.1, 0.15) is 0 Å². The van der Waals surface area contributed by atoms with E-state index in [1.54, 1.807) is 24.2 Å². The van der Waals surface area contributed by atoms with Crippen LogP contribution in [-0.2, 0) is 16.0 Å². The average Bonchev–Trinajstić information content (AvgIpc) is 2.70. The first-order chi connectivity index (χ1) is 12.8. The molecule has 6 heteroatoms. The molecule has 0 saturated carbocycles. The van der Waals surface area contributed by atoms with Crippen molar-refractivity contribution in [3.8, 4) is 0 Å². The van der Waals surface area contributed by atoms with Crippen LogP contribution in [0.2, 0.25) is 0 Å². The summed E-state index contributed by atoms with van der Waals surface area (Å²) in [5.74, 6) is 0.0502. The van der Waals surface area contributed by atoms with Crippen LogP contribution in [0.1, 0.15) is 17.2 Å². The maximum absolute atomic E-state index is 12.4. The van der Waals surface area contributed by atoms with Crippen LogP contribution in [-0.4, -0.2) is 54.9 Å². The number of pyridine rings is 1. The highest BCUT2D eigenvalue weighted by Gasteiger charge is 2.23. The number of thioether (sulfide) groups is 1. The van der Waals surface area contributed by atoms with Gasteiger partial charge in [-0.25, -0.2) is 0 Å². The van der Waals surface area contributed by atoms with E-state index in [2.05, 4.69) is 27.3 Å². The maximum Gasteiger partial charge on any atom is 0.224 e. The SMILES string of the molecule is CSc1ccc(CC(=O)NC[C@@H](c2ccncc2)N2CCOCC2)cc1. The molecule has 0 spiro atoms. The number of carbonyl (C=O) groups excluding carboxylic acids is 1. The van der Waals surface area contributed by atoms with Gasteiger partial charge in [0.05, 0.1) is 25.7 Å². The van der Waals surface area contributed by atoms with E-state index >= 15 is 0 Å². The van der Waals surface area contributed by atoms with Crippen LogP contribution in [0, 0.1) is 0 Å². The fraction of sp³-hybridized carbons (Fsp3) is 0.400. The van der Waals surface area contributed by atoms with Crippen LogP contribution < -0.4 is 5.32 Å². The molecule has 1 fully saturated rings. The Bertz CT molecular complexity index is 688. The Labute approximate surface area is 159 Å². The second-order valence-corrected chi connectivity index (χ2v) is 7.15. The molecule has 1 amide bonds. The summed E-state index contributed by atoms with van der Waals surface area (Å²) in [5, 5.41) is 3.11. The summed E-state index contributed by atoms with van der Waals surface area (Å²) in [5.41, 5.74) is 2.21. The third-order valence-corrected chi connectivity index (χ3v) is 5.34. The summed E-state index contributed by atoms with van der Waals surface area (Å²) < 4.78 is 5.47. The summed E-state index contributed by atoms with van der Waals surface area (Å²) in [4.78, 5) is 20.1. The van der Waals surface area contributed by atoms with Crippen LogP contribution >= 0.6 is 11.8 Å². The number of aromatic nitrogens is 1. The van der Waals surface area contributed by atoms with Crippen molar-refractivity contribution in [1.29, 1.82) is 0 Å². The summed E-state index contributed by atoms with van der Waals surface area (Å²) in [6, 6.07) is 12.3. The van der Waals surface area contributed by atoms with Gasteiger partial charge in [-0.15, -0.1) is 11.8 Å². The number of nitrogens with zero attached hydrogens (tertiary/aromatic N) is 2. The Kier molecular flexibility index (Phi) is 7.05. The molecule has 1 N–H and O–H groups in total. The Morgan fingerprint density at radius 1 is 1.19 bits per heavy atom. The van der Waals surface area contributed by atoms with Crippen molar-refractivity contribution in [2.75, 3.05) is 39.1 Å². The van der Waals surface area contributed by atoms with Gasteiger partial charge in [-0.3, -0.25) is 14.7 Å². The fourth-order valence-electron chi connectivity index (χ4n) is 3.13. The van der Waals surface area contributed by atoms with Gasteiger partial charge >= 0.3 is 0 Å². The molecule has 0 bridgehead atoms. The molecule has 1 aliphatic rings. The Morgan fingerprint density at radius 3 is 2.54 bits per heavy atom. The number of hydrogen-bond donors (Lipinski definition) is 1. The number of nitrogens with one attached hydrogen (secondary N) is 1. The van der Waals surface area contributed by atoms with Gasteiger partial charge in [-0.05, 0) is 41.6 Å². The molecular weight excluding hydrogens is 346 g/mol. The second-order valence-electron chi connectivity index (χ2n) is 6.27. The van der Waals surface area contributed by atoms with Gasteiger partial charge < -0.3 is 10.1 Å². The number of carbonyl (C=O) groups is 1. The minimum absolute atomic E-state index is 0.0502. The highest BCUT2D eigenvalue weighted by atomic mass is 32.2. The standard InChI is InChI=1S/C20H25N3O2S/c1-26-18-4-2-16(3-5-18)14-20(24)22-15-19(17-6-8-21-9-7-17)23-10-12-25-13-11-23/h2-9,19H,10-15H2,1H3,(H,22,24)/t19-/m0/s1. The normalized spacial score (nSPS) is 16.2. The van der Waals surface area contributed by atoms with Crippen molar-refractivity contribution in [3.05, 3.63) is 59.9 Å². The Balaban J connectivity index is 1.60. The molecule has 0 radical (unpaired) electrons. The van der Waals surface area contributed by atoms with E-state index in [1.165, 1.54) is 10.5 Å². The smallest absolute Gasteiger partial charge is 0.224 e. The van der Waals surface area contributed by atoms with Crippen LogP contribution in [0.25, 0.3) is 0 Å². The van der Waals surface area contributed by atoms with E-state index in [0.29, 0.717) is 13.0 Å². The molecule has 0 aliphatic carbocycles. The van der Waals surface area contributed by atoms with E-state index < -0.39 is 0 Å². The van der Waals surface area contributed by atoms with Crippen molar-refractivity contribution in [2.45, 2.75) is 17.4 Å². The first-order valence-electron chi connectivity index (χ1n) is 8.87. The number of rotatable bonds is 7. The summed E-state index contributed by atoms with van der Waals surface area (Å²) >= 11 is 1.70. The lowest BCUT2D eigenvalue weighted by molar-refractivity contribution is -0.120. The molecule has 2 aromatic rings. The van der Waals surface area contributed by atoms with Gasteiger partial charge in [-0.1, -0.05) is 12.1 Å². The lowest BCUT2D eigenvalue weighted by Gasteiger charge is -2.34. The van der Waals surface area contributed by atoms with Gasteiger partial charge in [0.25, 0.3) is 0 Å². The molecular formula is C20H25N3O2S. The molecule has 3 rings (SSSR count). The third kappa shape index (κ3) is 5.30. The fourth-order valence-corrected chi connectivity index (χ4v) is 3.54. The van der Waals surface area contributed by atoms with E-state index in [-0.39, 0.29) is 11.9 Å². The predicted molar refractivity (Wildman–Crippen MR) is 104 cm³/mol. The monoisotopic (exact) mass is 371 g/mol. The third-order valence-electron chi connectivity index (χ3n) is 4.59. The molecule has 1 atom stereocenters. The minimum Gasteiger partial charge on any atom is -0.379 e. The van der Waals surface area contributed by atoms with Crippen LogP contribution in [0.15, 0.2) is 53.7 Å². The van der Waals surface area contributed by atoms with Crippen molar-refractivity contribution in [1.82, 2.24) is 15.2 Å². The number of ether oxygens (including phenoxy) is 1. The number of hydrogen-bond acceptors (Lipinski definition) is 5. The van der Waals surface area contributed by atoms with Crippen LogP contribution in [0.3, 0.4) is 0 Å². The second kappa shape index (κ2) is 9.71. The molecule has 0 unspecified atom stereocenters. The number of morpholine rings is 1. The highest BCUT2D eigenvalue weighted by molar-refractivity contribution is 7.98. The van der Waals surface area contributed by atoms with E-state index in [9.17, 15) is 4.79 Å².